The summed E-state index contributed by atoms with van der Waals surface area (Å²) in [5, 5.41) is 16.0. The Hall–Kier alpha value is -2.19. The first kappa shape index (κ1) is 20.1. The monoisotopic (exact) mass is 481 g/mol. The Morgan fingerprint density at radius 1 is 1.04 bits per heavy atom. The maximum Gasteiger partial charge on any atom is 0.240 e. The molecular formula is C18H17Br2N3O3. The topological polar surface area (TPSA) is 90.8 Å². The maximum absolute atomic E-state index is 11.8. The van der Waals surface area contributed by atoms with E-state index in [1.165, 1.54) is 12.3 Å². The van der Waals surface area contributed by atoms with E-state index in [9.17, 15) is 14.7 Å². The van der Waals surface area contributed by atoms with Crippen LogP contribution in [0.2, 0.25) is 0 Å². The maximum atomic E-state index is 11.8. The Morgan fingerprint density at radius 3 is 2.42 bits per heavy atom. The number of hydrogen-bond donors (Lipinski definition) is 3. The molecule has 0 radical (unpaired) electrons. The zero-order chi connectivity index (χ0) is 18.9. The summed E-state index contributed by atoms with van der Waals surface area (Å²) in [4.78, 5) is 23.5. The van der Waals surface area contributed by atoms with Crippen molar-refractivity contribution in [3.8, 4) is 5.75 Å². The van der Waals surface area contributed by atoms with Crippen molar-refractivity contribution in [3.63, 3.8) is 0 Å². The third-order valence-electron chi connectivity index (χ3n) is 3.31. The highest BCUT2D eigenvalue weighted by atomic mass is 79.9. The Kier molecular flexibility index (Phi) is 7.80. The molecule has 2 aromatic rings. The van der Waals surface area contributed by atoms with E-state index >= 15 is 0 Å². The van der Waals surface area contributed by atoms with Gasteiger partial charge < -0.3 is 10.4 Å². The number of carbonyl (C=O) groups excluding carboxylic acids is 2. The lowest BCUT2D eigenvalue weighted by Crippen LogP contribution is -2.18. The van der Waals surface area contributed by atoms with Gasteiger partial charge in [0.1, 0.15) is 5.75 Å². The molecule has 0 atom stereocenters. The zero-order valence-electron chi connectivity index (χ0n) is 13.7. The minimum absolute atomic E-state index is 0.132. The van der Waals surface area contributed by atoms with Crippen LogP contribution in [0.15, 0.2) is 56.5 Å². The Labute approximate surface area is 167 Å². The molecule has 0 aromatic heterocycles. The molecule has 0 saturated heterocycles. The van der Waals surface area contributed by atoms with Crippen molar-refractivity contribution < 1.29 is 14.7 Å². The minimum atomic E-state index is -0.268. The predicted octanol–water partition coefficient (Wildman–Crippen LogP) is 4.18. The van der Waals surface area contributed by atoms with E-state index in [-0.39, 0.29) is 30.4 Å². The molecule has 26 heavy (non-hydrogen) atoms. The second-order valence-electron chi connectivity index (χ2n) is 5.41. The molecule has 8 heteroatoms. The van der Waals surface area contributed by atoms with Crippen molar-refractivity contribution in [2.75, 3.05) is 5.32 Å². The fourth-order valence-electron chi connectivity index (χ4n) is 2.00. The molecule has 2 amide bonds. The zero-order valence-corrected chi connectivity index (χ0v) is 16.9. The van der Waals surface area contributed by atoms with E-state index in [1.807, 2.05) is 12.1 Å². The quantitative estimate of drug-likeness (QED) is 0.408. The van der Waals surface area contributed by atoms with Crippen LogP contribution in [-0.2, 0) is 9.59 Å². The van der Waals surface area contributed by atoms with E-state index in [2.05, 4.69) is 47.7 Å². The number of carbonyl (C=O) groups is 2. The summed E-state index contributed by atoms with van der Waals surface area (Å²) >= 11 is 6.53. The highest BCUT2D eigenvalue weighted by Gasteiger charge is 2.05. The van der Waals surface area contributed by atoms with E-state index in [0.29, 0.717) is 16.6 Å². The number of nitrogens with one attached hydrogen (secondary N) is 2. The largest absolute Gasteiger partial charge is 0.507 e. The standard InChI is InChI=1S/C18H17Br2N3O3/c19-13-5-7-14(8-6-13)22-17(25)2-1-3-18(26)23-21-11-12-4-9-16(24)15(20)10-12/h4-11,24H,1-3H2,(H,22,25)(H,23,26). The van der Waals surface area contributed by atoms with Crippen LogP contribution in [0.1, 0.15) is 24.8 Å². The molecule has 0 saturated carbocycles. The number of anilines is 1. The van der Waals surface area contributed by atoms with Crippen LogP contribution in [0.5, 0.6) is 5.75 Å². The summed E-state index contributed by atoms with van der Waals surface area (Å²) in [6, 6.07) is 12.1. The molecule has 3 N–H and O–H groups in total. The van der Waals surface area contributed by atoms with Gasteiger partial charge in [-0.15, -0.1) is 0 Å². The van der Waals surface area contributed by atoms with Gasteiger partial charge in [-0.1, -0.05) is 15.9 Å². The first-order valence-electron chi connectivity index (χ1n) is 7.80. The van der Waals surface area contributed by atoms with Crippen LogP contribution in [-0.4, -0.2) is 23.1 Å². The molecule has 0 aliphatic heterocycles. The lowest BCUT2D eigenvalue weighted by molar-refractivity contribution is -0.121. The smallest absolute Gasteiger partial charge is 0.240 e. The van der Waals surface area contributed by atoms with Gasteiger partial charge in [0.05, 0.1) is 10.7 Å². The van der Waals surface area contributed by atoms with Crippen molar-refractivity contribution in [1.82, 2.24) is 5.43 Å². The highest BCUT2D eigenvalue weighted by Crippen LogP contribution is 2.23. The fraction of sp³-hybridized carbons (Fsp3) is 0.167. The van der Waals surface area contributed by atoms with Crippen molar-refractivity contribution in [2.24, 2.45) is 5.10 Å². The highest BCUT2D eigenvalue weighted by molar-refractivity contribution is 9.10. The van der Waals surface area contributed by atoms with Crippen molar-refractivity contribution >= 4 is 55.6 Å². The SMILES string of the molecule is O=C(CCCC(=O)Nc1ccc(Br)cc1)NN=Cc1ccc(O)c(Br)c1. The lowest BCUT2D eigenvalue weighted by atomic mass is 10.2. The molecule has 0 fully saturated rings. The van der Waals surface area contributed by atoms with Crippen LogP contribution >= 0.6 is 31.9 Å². The third kappa shape index (κ3) is 6.97. The number of hydrogen-bond acceptors (Lipinski definition) is 4. The molecule has 0 heterocycles. The van der Waals surface area contributed by atoms with Crippen LogP contribution in [0.4, 0.5) is 5.69 Å². The van der Waals surface area contributed by atoms with Gasteiger partial charge in [0.15, 0.2) is 0 Å². The number of rotatable bonds is 7. The van der Waals surface area contributed by atoms with Crippen molar-refractivity contribution in [1.29, 1.82) is 0 Å². The second-order valence-corrected chi connectivity index (χ2v) is 7.18. The summed E-state index contributed by atoms with van der Waals surface area (Å²) in [6.07, 6.45) is 2.35. The first-order chi connectivity index (χ1) is 12.4. The van der Waals surface area contributed by atoms with Gasteiger partial charge in [-0.2, -0.15) is 5.10 Å². The number of phenols is 1. The van der Waals surface area contributed by atoms with E-state index in [4.69, 9.17) is 0 Å². The number of benzene rings is 2. The number of aromatic hydroxyl groups is 1. The Morgan fingerprint density at radius 2 is 1.73 bits per heavy atom. The van der Waals surface area contributed by atoms with Gasteiger partial charge in [0.2, 0.25) is 11.8 Å². The third-order valence-corrected chi connectivity index (χ3v) is 4.47. The predicted molar refractivity (Wildman–Crippen MR) is 108 cm³/mol. The molecule has 2 rings (SSSR count). The summed E-state index contributed by atoms with van der Waals surface area (Å²) < 4.78 is 1.48. The van der Waals surface area contributed by atoms with Gasteiger partial charge in [-0.3, -0.25) is 9.59 Å². The normalized spacial score (nSPS) is 10.7. The van der Waals surface area contributed by atoms with E-state index in [1.54, 1.807) is 24.3 Å². The number of phenolic OH excluding ortho intramolecular Hbond substituents is 1. The molecule has 0 aliphatic carbocycles. The summed E-state index contributed by atoms with van der Waals surface area (Å²) in [5.41, 5.74) is 3.85. The molecule has 2 aromatic carbocycles. The molecule has 0 spiro atoms. The number of hydrazone groups is 1. The number of halogens is 2. The average molecular weight is 483 g/mol. The van der Waals surface area contributed by atoms with Crippen molar-refractivity contribution in [2.45, 2.75) is 19.3 Å². The molecular weight excluding hydrogens is 466 g/mol. The molecule has 136 valence electrons. The van der Waals surface area contributed by atoms with Gasteiger partial charge in [0, 0.05) is 23.0 Å². The fourth-order valence-corrected chi connectivity index (χ4v) is 2.67. The van der Waals surface area contributed by atoms with Crippen molar-refractivity contribution in [3.05, 3.63) is 57.0 Å². The van der Waals surface area contributed by atoms with Crippen LogP contribution in [0.3, 0.4) is 0 Å². The summed E-state index contributed by atoms with van der Waals surface area (Å²) in [6.45, 7) is 0. The van der Waals surface area contributed by atoms with E-state index in [0.717, 1.165) is 10.0 Å². The molecule has 0 aliphatic rings. The Balaban J connectivity index is 1.68. The number of nitrogens with zero attached hydrogens (tertiary/aromatic N) is 1. The number of amides is 2. The second kappa shape index (κ2) is 10.1. The van der Waals surface area contributed by atoms with Gasteiger partial charge in [0.25, 0.3) is 0 Å². The molecule has 0 unspecified atom stereocenters. The first-order valence-corrected chi connectivity index (χ1v) is 9.38. The summed E-state index contributed by atoms with van der Waals surface area (Å²) in [7, 11) is 0. The Bertz CT molecular complexity index is 808. The van der Waals surface area contributed by atoms with E-state index < -0.39 is 0 Å². The van der Waals surface area contributed by atoms with Gasteiger partial charge in [-0.25, -0.2) is 5.43 Å². The van der Waals surface area contributed by atoms with Crippen LogP contribution in [0, 0.1) is 0 Å². The summed E-state index contributed by atoms with van der Waals surface area (Å²) in [5.74, 6) is -0.277. The average Bonchev–Trinajstić information content (AvgIpc) is 2.60. The lowest BCUT2D eigenvalue weighted by Gasteiger charge is -2.05. The minimum Gasteiger partial charge on any atom is -0.507 e. The molecule has 6 nitrogen and oxygen atoms in total. The molecule has 0 bridgehead atoms. The van der Waals surface area contributed by atoms with Crippen LogP contribution in [0.25, 0.3) is 0 Å². The van der Waals surface area contributed by atoms with Gasteiger partial charge >= 0.3 is 0 Å². The van der Waals surface area contributed by atoms with Gasteiger partial charge in [-0.05, 0) is 70.4 Å². The van der Waals surface area contributed by atoms with Crippen LogP contribution < -0.4 is 10.7 Å².